The Morgan fingerprint density at radius 2 is 2.00 bits per heavy atom. The molecule has 1 unspecified atom stereocenters. The molecule has 1 N–H and O–H groups in total. The Bertz CT molecular complexity index is 401. The molecule has 0 aliphatic carbocycles. The van der Waals surface area contributed by atoms with Crippen molar-refractivity contribution in [2.45, 2.75) is 26.3 Å². The molecule has 18 heavy (non-hydrogen) atoms. The van der Waals surface area contributed by atoms with Crippen LogP contribution in [0.2, 0.25) is 5.02 Å². The van der Waals surface area contributed by atoms with E-state index in [0.717, 1.165) is 0 Å². The molecule has 1 atom stereocenters. The molecule has 0 radical (unpaired) electrons. The molecule has 0 heterocycles. The summed E-state index contributed by atoms with van der Waals surface area (Å²) in [5, 5.41) is 9.26. The van der Waals surface area contributed by atoms with Crippen molar-refractivity contribution in [2.24, 2.45) is 0 Å². The maximum absolute atomic E-state index is 13.3. The van der Waals surface area contributed by atoms with Crippen LogP contribution in [0, 0.1) is 5.82 Å². The van der Waals surface area contributed by atoms with E-state index in [1.165, 1.54) is 12.1 Å². The Morgan fingerprint density at radius 1 is 1.39 bits per heavy atom. The summed E-state index contributed by atoms with van der Waals surface area (Å²) in [5.41, 5.74) is 0.603. The van der Waals surface area contributed by atoms with Gasteiger partial charge in [-0.3, -0.25) is 9.69 Å². The molecule has 100 valence electrons. The summed E-state index contributed by atoms with van der Waals surface area (Å²) in [6.07, 6.45) is -0.0680. The first-order valence-corrected chi connectivity index (χ1v) is 6.27. The SMILES string of the molecule is CCN(CC)C(CC(=O)O)c1cc(F)cc(Cl)c1. The van der Waals surface area contributed by atoms with Crippen LogP contribution in [0.3, 0.4) is 0 Å². The Morgan fingerprint density at radius 3 is 2.44 bits per heavy atom. The molecule has 0 spiro atoms. The van der Waals surface area contributed by atoms with E-state index < -0.39 is 11.8 Å². The van der Waals surface area contributed by atoms with Crippen LogP contribution < -0.4 is 0 Å². The van der Waals surface area contributed by atoms with E-state index in [1.54, 1.807) is 6.07 Å². The van der Waals surface area contributed by atoms with Crippen LogP contribution in [-0.4, -0.2) is 29.1 Å². The van der Waals surface area contributed by atoms with Crippen molar-refractivity contribution >= 4 is 17.6 Å². The zero-order valence-electron chi connectivity index (χ0n) is 10.5. The van der Waals surface area contributed by atoms with E-state index in [4.69, 9.17) is 16.7 Å². The lowest BCUT2D eigenvalue weighted by Crippen LogP contribution is -2.30. The molecule has 0 aliphatic rings. The van der Waals surface area contributed by atoms with Crippen molar-refractivity contribution in [2.75, 3.05) is 13.1 Å². The van der Waals surface area contributed by atoms with E-state index in [1.807, 2.05) is 18.7 Å². The highest BCUT2D eigenvalue weighted by Crippen LogP contribution is 2.27. The molecule has 1 aromatic rings. The number of halogens is 2. The van der Waals surface area contributed by atoms with Crippen LogP contribution in [0.15, 0.2) is 18.2 Å². The van der Waals surface area contributed by atoms with Crippen LogP contribution >= 0.6 is 11.6 Å². The van der Waals surface area contributed by atoms with Gasteiger partial charge >= 0.3 is 5.97 Å². The second kappa shape index (κ2) is 6.71. The zero-order chi connectivity index (χ0) is 13.7. The molecular formula is C13H17ClFNO2. The minimum atomic E-state index is -0.910. The molecule has 5 heteroatoms. The summed E-state index contributed by atoms with van der Waals surface area (Å²) < 4.78 is 13.3. The lowest BCUT2D eigenvalue weighted by atomic mass is 10.0. The standard InChI is InChI=1S/C13H17ClFNO2/c1-3-16(4-2)12(8-13(17)18)9-5-10(14)7-11(15)6-9/h5-7,12H,3-4,8H2,1-2H3,(H,17,18). The molecule has 0 aromatic heterocycles. The first kappa shape index (κ1) is 14.9. The topological polar surface area (TPSA) is 40.5 Å². The third kappa shape index (κ3) is 3.96. The quantitative estimate of drug-likeness (QED) is 0.864. The van der Waals surface area contributed by atoms with Gasteiger partial charge in [0, 0.05) is 11.1 Å². The van der Waals surface area contributed by atoms with Crippen molar-refractivity contribution < 1.29 is 14.3 Å². The van der Waals surface area contributed by atoms with Crippen LogP contribution in [-0.2, 0) is 4.79 Å². The minimum Gasteiger partial charge on any atom is -0.481 e. The van der Waals surface area contributed by atoms with Gasteiger partial charge in [-0.1, -0.05) is 25.4 Å². The van der Waals surface area contributed by atoms with Gasteiger partial charge in [0.25, 0.3) is 0 Å². The molecule has 0 bridgehead atoms. The van der Waals surface area contributed by atoms with Crippen LogP contribution in [0.4, 0.5) is 4.39 Å². The highest BCUT2D eigenvalue weighted by Gasteiger charge is 2.22. The molecule has 1 rings (SSSR count). The fraction of sp³-hybridized carbons (Fsp3) is 0.462. The maximum atomic E-state index is 13.3. The average molecular weight is 274 g/mol. The summed E-state index contributed by atoms with van der Waals surface area (Å²) in [6.45, 7) is 5.28. The highest BCUT2D eigenvalue weighted by molar-refractivity contribution is 6.30. The Balaban J connectivity index is 3.11. The first-order chi connectivity index (χ1) is 8.47. The number of hydrogen-bond acceptors (Lipinski definition) is 2. The number of rotatable bonds is 6. The van der Waals surface area contributed by atoms with Crippen LogP contribution in [0.25, 0.3) is 0 Å². The molecule has 0 saturated carbocycles. The van der Waals surface area contributed by atoms with Crippen molar-refractivity contribution in [1.29, 1.82) is 0 Å². The smallest absolute Gasteiger partial charge is 0.305 e. The summed E-state index contributed by atoms with van der Waals surface area (Å²) in [6, 6.07) is 3.82. The maximum Gasteiger partial charge on any atom is 0.305 e. The average Bonchev–Trinajstić information content (AvgIpc) is 2.27. The molecular weight excluding hydrogens is 257 g/mol. The van der Waals surface area contributed by atoms with Gasteiger partial charge in [0.05, 0.1) is 6.42 Å². The number of benzene rings is 1. The van der Waals surface area contributed by atoms with Gasteiger partial charge in [0.15, 0.2) is 0 Å². The predicted octanol–water partition coefficient (Wildman–Crippen LogP) is 3.34. The monoisotopic (exact) mass is 273 g/mol. The lowest BCUT2D eigenvalue weighted by molar-refractivity contribution is -0.138. The minimum absolute atomic E-state index is 0.0680. The van der Waals surface area contributed by atoms with Gasteiger partial charge in [-0.2, -0.15) is 0 Å². The number of carboxylic acid groups (broad SMARTS) is 1. The molecule has 1 aromatic carbocycles. The van der Waals surface area contributed by atoms with Crippen LogP contribution in [0.1, 0.15) is 31.9 Å². The second-order valence-electron chi connectivity index (χ2n) is 4.04. The molecule has 0 aliphatic heterocycles. The fourth-order valence-corrected chi connectivity index (χ4v) is 2.29. The van der Waals surface area contributed by atoms with Gasteiger partial charge in [-0.05, 0) is 36.9 Å². The van der Waals surface area contributed by atoms with E-state index in [0.29, 0.717) is 18.7 Å². The molecule has 0 amide bonds. The van der Waals surface area contributed by atoms with E-state index in [-0.39, 0.29) is 17.5 Å². The third-order valence-electron chi connectivity index (χ3n) is 2.89. The Hall–Kier alpha value is -1.13. The second-order valence-corrected chi connectivity index (χ2v) is 4.47. The van der Waals surface area contributed by atoms with Crippen molar-refractivity contribution in [3.63, 3.8) is 0 Å². The van der Waals surface area contributed by atoms with Gasteiger partial charge in [-0.25, -0.2) is 4.39 Å². The number of hydrogen-bond donors (Lipinski definition) is 1. The van der Waals surface area contributed by atoms with E-state index in [9.17, 15) is 9.18 Å². The van der Waals surface area contributed by atoms with Crippen molar-refractivity contribution in [3.05, 3.63) is 34.6 Å². The van der Waals surface area contributed by atoms with E-state index >= 15 is 0 Å². The van der Waals surface area contributed by atoms with Crippen molar-refractivity contribution in [1.82, 2.24) is 4.90 Å². The summed E-state index contributed by atoms with van der Waals surface area (Å²) >= 11 is 5.82. The third-order valence-corrected chi connectivity index (χ3v) is 3.11. The predicted molar refractivity (Wildman–Crippen MR) is 69.3 cm³/mol. The zero-order valence-corrected chi connectivity index (χ0v) is 11.2. The van der Waals surface area contributed by atoms with Gasteiger partial charge < -0.3 is 5.11 Å². The van der Waals surface area contributed by atoms with Crippen molar-refractivity contribution in [3.8, 4) is 0 Å². The van der Waals surface area contributed by atoms with Gasteiger partial charge in [-0.15, -0.1) is 0 Å². The summed E-state index contributed by atoms with van der Waals surface area (Å²) in [7, 11) is 0. The van der Waals surface area contributed by atoms with E-state index in [2.05, 4.69) is 0 Å². The molecule has 0 fully saturated rings. The summed E-state index contributed by atoms with van der Waals surface area (Å²) in [4.78, 5) is 12.9. The summed E-state index contributed by atoms with van der Waals surface area (Å²) in [5.74, 6) is -1.35. The number of aliphatic carboxylic acids is 1. The number of nitrogens with zero attached hydrogens (tertiary/aromatic N) is 1. The normalized spacial score (nSPS) is 12.7. The fourth-order valence-electron chi connectivity index (χ4n) is 2.06. The Labute approximate surface area is 111 Å². The Kier molecular flexibility index (Phi) is 5.56. The van der Waals surface area contributed by atoms with Gasteiger partial charge in [0.2, 0.25) is 0 Å². The number of carbonyl (C=O) groups is 1. The molecule has 3 nitrogen and oxygen atoms in total. The first-order valence-electron chi connectivity index (χ1n) is 5.89. The van der Waals surface area contributed by atoms with Crippen LogP contribution in [0.5, 0.6) is 0 Å². The lowest BCUT2D eigenvalue weighted by Gasteiger charge is -2.29. The highest BCUT2D eigenvalue weighted by atomic mass is 35.5. The largest absolute Gasteiger partial charge is 0.481 e. The van der Waals surface area contributed by atoms with Gasteiger partial charge in [0.1, 0.15) is 5.82 Å². The number of carboxylic acids is 1. The molecule has 0 saturated heterocycles.